The second-order valence-electron chi connectivity index (χ2n) is 3.47. The first-order valence-electron chi connectivity index (χ1n) is 5.50. The Labute approximate surface area is 118 Å². The van der Waals surface area contributed by atoms with E-state index in [9.17, 15) is 4.79 Å². The molecule has 7 nitrogen and oxygen atoms in total. The van der Waals surface area contributed by atoms with Crippen molar-refractivity contribution in [2.45, 2.75) is 23.8 Å². The first-order chi connectivity index (χ1) is 9.19. The van der Waals surface area contributed by atoms with E-state index in [4.69, 9.17) is 5.73 Å². The summed E-state index contributed by atoms with van der Waals surface area (Å²) in [7, 11) is 0. The summed E-state index contributed by atoms with van der Waals surface area (Å²) in [4.78, 5) is 27.7. The molecule has 0 aliphatic heterocycles. The van der Waals surface area contributed by atoms with Gasteiger partial charge in [-0.1, -0.05) is 18.7 Å². The smallest absolute Gasteiger partial charge is 0.239 e. The molecule has 9 heteroatoms. The standard InChI is InChI=1S/C10H12N6OS2/c1-2-6(7(17)15-9-12-3-4-18-9)19-10-14-5-13-8(11)16-10/h3-6H,2H2,1H3,(H,12,15,17)(H2,11,13,14,16). The quantitative estimate of drug-likeness (QED) is 0.803. The Morgan fingerprint density at radius 2 is 2.37 bits per heavy atom. The van der Waals surface area contributed by atoms with Crippen LogP contribution in [-0.2, 0) is 4.79 Å². The minimum atomic E-state index is -0.300. The number of nitrogen functional groups attached to an aromatic ring is 1. The maximum atomic E-state index is 12.1. The van der Waals surface area contributed by atoms with E-state index in [1.54, 1.807) is 11.6 Å². The highest BCUT2D eigenvalue weighted by molar-refractivity contribution is 8.00. The highest BCUT2D eigenvalue weighted by Gasteiger charge is 2.20. The van der Waals surface area contributed by atoms with Crippen LogP contribution in [0.25, 0.3) is 0 Å². The SMILES string of the molecule is CCC(Sc1ncnc(N)n1)C(=O)Nc1nccs1. The van der Waals surface area contributed by atoms with Gasteiger partial charge in [-0.2, -0.15) is 4.98 Å². The van der Waals surface area contributed by atoms with Gasteiger partial charge in [0.05, 0.1) is 5.25 Å². The molecule has 0 spiro atoms. The number of aromatic nitrogens is 4. The summed E-state index contributed by atoms with van der Waals surface area (Å²) in [6.07, 6.45) is 3.62. The van der Waals surface area contributed by atoms with E-state index in [1.807, 2.05) is 6.92 Å². The molecule has 0 aliphatic carbocycles. The normalized spacial score (nSPS) is 12.1. The monoisotopic (exact) mass is 296 g/mol. The number of thioether (sulfide) groups is 1. The van der Waals surface area contributed by atoms with E-state index in [-0.39, 0.29) is 17.1 Å². The molecular formula is C10H12N6OS2. The van der Waals surface area contributed by atoms with Gasteiger partial charge in [-0.25, -0.2) is 15.0 Å². The van der Waals surface area contributed by atoms with Crippen molar-refractivity contribution in [1.82, 2.24) is 19.9 Å². The second kappa shape index (κ2) is 6.43. The zero-order chi connectivity index (χ0) is 13.7. The first kappa shape index (κ1) is 13.7. The van der Waals surface area contributed by atoms with Crippen LogP contribution < -0.4 is 11.1 Å². The lowest BCUT2D eigenvalue weighted by Crippen LogP contribution is -2.24. The van der Waals surface area contributed by atoms with Crippen LogP contribution in [0.3, 0.4) is 0 Å². The Morgan fingerprint density at radius 1 is 1.53 bits per heavy atom. The highest BCUT2D eigenvalue weighted by atomic mass is 32.2. The lowest BCUT2D eigenvalue weighted by atomic mass is 10.3. The van der Waals surface area contributed by atoms with Gasteiger partial charge < -0.3 is 11.1 Å². The third-order valence-electron chi connectivity index (χ3n) is 2.14. The van der Waals surface area contributed by atoms with Crippen LogP contribution in [0.2, 0.25) is 0 Å². The molecular weight excluding hydrogens is 284 g/mol. The van der Waals surface area contributed by atoms with Crippen molar-refractivity contribution < 1.29 is 4.79 Å². The number of rotatable bonds is 5. The van der Waals surface area contributed by atoms with Crippen LogP contribution in [0.1, 0.15) is 13.3 Å². The molecule has 0 bridgehead atoms. The molecule has 2 heterocycles. The maximum absolute atomic E-state index is 12.1. The maximum Gasteiger partial charge on any atom is 0.239 e. The second-order valence-corrected chi connectivity index (χ2v) is 5.53. The van der Waals surface area contributed by atoms with Gasteiger partial charge in [0.25, 0.3) is 0 Å². The summed E-state index contributed by atoms with van der Waals surface area (Å²) in [5.41, 5.74) is 5.48. The van der Waals surface area contributed by atoms with E-state index in [0.717, 1.165) is 0 Å². The lowest BCUT2D eigenvalue weighted by molar-refractivity contribution is -0.115. The summed E-state index contributed by atoms with van der Waals surface area (Å²) >= 11 is 2.63. The number of amides is 1. The molecule has 100 valence electrons. The molecule has 1 unspecified atom stereocenters. The van der Waals surface area contributed by atoms with Gasteiger partial charge in [0.2, 0.25) is 11.9 Å². The summed E-state index contributed by atoms with van der Waals surface area (Å²) in [6, 6.07) is 0. The van der Waals surface area contributed by atoms with Crippen LogP contribution in [0, 0.1) is 0 Å². The molecule has 2 aromatic heterocycles. The summed E-state index contributed by atoms with van der Waals surface area (Å²) < 4.78 is 0. The topological polar surface area (TPSA) is 107 Å². The number of carbonyl (C=O) groups excluding carboxylic acids is 1. The van der Waals surface area contributed by atoms with E-state index in [0.29, 0.717) is 16.7 Å². The molecule has 2 rings (SSSR count). The lowest BCUT2D eigenvalue weighted by Gasteiger charge is -2.12. The molecule has 0 aromatic carbocycles. The van der Waals surface area contributed by atoms with Crippen LogP contribution >= 0.6 is 23.1 Å². The Morgan fingerprint density at radius 3 is 3.00 bits per heavy atom. The third kappa shape index (κ3) is 3.86. The zero-order valence-corrected chi connectivity index (χ0v) is 11.7. The molecule has 1 amide bonds. The predicted molar refractivity (Wildman–Crippen MR) is 74.9 cm³/mol. The van der Waals surface area contributed by atoms with Crippen molar-refractivity contribution in [3.05, 3.63) is 17.9 Å². The van der Waals surface area contributed by atoms with Gasteiger partial charge in [0, 0.05) is 11.6 Å². The molecule has 19 heavy (non-hydrogen) atoms. The number of nitrogens with zero attached hydrogens (tertiary/aromatic N) is 4. The molecule has 1 atom stereocenters. The Kier molecular flexibility index (Phi) is 4.63. The van der Waals surface area contributed by atoms with Crippen molar-refractivity contribution in [2.75, 3.05) is 11.1 Å². The van der Waals surface area contributed by atoms with Crippen molar-refractivity contribution >= 4 is 40.1 Å². The molecule has 0 radical (unpaired) electrons. The fourth-order valence-electron chi connectivity index (χ4n) is 1.27. The van der Waals surface area contributed by atoms with Gasteiger partial charge in [-0.05, 0) is 6.42 Å². The predicted octanol–water partition coefficient (Wildman–Crippen LogP) is 1.42. The number of nitrogens with one attached hydrogen (secondary N) is 1. The first-order valence-corrected chi connectivity index (χ1v) is 7.26. The largest absolute Gasteiger partial charge is 0.368 e. The number of nitrogens with two attached hydrogens (primary N) is 1. The molecule has 0 fully saturated rings. The van der Waals surface area contributed by atoms with E-state index < -0.39 is 0 Å². The minimum absolute atomic E-state index is 0.124. The Bertz CT molecular complexity index is 547. The van der Waals surface area contributed by atoms with E-state index in [2.05, 4.69) is 25.3 Å². The number of thiazole rings is 1. The molecule has 0 saturated carbocycles. The molecule has 3 N–H and O–H groups in total. The molecule has 2 aromatic rings. The molecule has 0 aliphatic rings. The average Bonchev–Trinajstić information content (AvgIpc) is 2.88. The minimum Gasteiger partial charge on any atom is -0.368 e. The van der Waals surface area contributed by atoms with Crippen molar-refractivity contribution in [3.63, 3.8) is 0 Å². The van der Waals surface area contributed by atoms with E-state index >= 15 is 0 Å². The van der Waals surface area contributed by atoms with Crippen LogP contribution in [-0.4, -0.2) is 31.1 Å². The zero-order valence-electron chi connectivity index (χ0n) is 10.1. The fourth-order valence-corrected chi connectivity index (χ4v) is 2.64. The number of anilines is 2. The summed E-state index contributed by atoms with van der Waals surface area (Å²) in [5, 5.41) is 5.28. The summed E-state index contributed by atoms with van der Waals surface area (Å²) in [6.45, 7) is 1.92. The number of carbonyl (C=O) groups is 1. The number of hydrogen-bond donors (Lipinski definition) is 2. The third-order valence-corrected chi connectivity index (χ3v) is 4.07. The van der Waals surface area contributed by atoms with Gasteiger partial charge in [0.1, 0.15) is 6.33 Å². The highest BCUT2D eigenvalue weighted by Crippen LogP contribution is 2.23. The average molecular weight is 296 g/mol. The van der Waals surface area contributed by atoms with Crippen molar-refractivity contribution in [3.8, 4) is 0 Å². The fraction of sp³-hybridized carbons (Fsp3) is 0.300. The Balaban J connectivity index is 2.01. The van der Waals surface area contributed by atoms with Crippen LogP contribution in [0.4, 0.5) is 11.1 Å². The Hall–Kier alpha value is -1.74. The van der Waals surface area contributed by atoms with Crippen molar-refractivity contribution in [1.29, 1.82) is 0 Å². The van der Waals surface area contributed by atoms with Gasteiger partial charge in [0.15, 0.2) is 10.3 Å². The van der Waals surface area contributed by atoms with Crippen LogP contribution in [0.5, 0.6) is 0 Å². The summed E-state index contributed by atoms with van der Waals surface area (Å²) in [5.74, 6) is 0.0223. The van der Waals surface area contributed by atoms with E-state index in [1.165, 1.54) is 29.4 Å². The van der Waals surface area contributed by atoms with Crippen LogP contribution in [0.15, 0.2) is 23.1 Å². The molecule has 0 saturated heterocycles. The van der Waals surface area contributed by atoms with Gasteiger partial charge in [-0.3, -0.25) is 4.79 Å². The van der Waals surface area contributed by atoms with Gasteiger partial charge in [-0.15, -0.1) is 11.3 Å². The number of hydrogen-bond acceptors (Lipinski definition) is 8. The van der Waals surface area contributed by atoms with Crippen molar-refractivity contribution in [2.24, 2.45) is 0 Å². The van der Waals surface area contributed by atoms with Gasteiger partial charge >= 0.3 is 0 Å².